The number of allylic oxidation sites excluding steroid dienone is 4. The number of hydrogen-bond acceptors (Lipinski definition) is 1. The number of ketones is 1. The molecule has 18 rings (SSSR count). The van der Waals surface area contributed by atoms with Crippen molar-refractivity contribution in [3.05, 3.63) is 322 Å². The molecule has 3 heteroatoms. The van der Waals surface area contributed by atoms with Gasteiger partial charge in [-0.3, -0.25) is 4.79 Å². The van der Waals surface area contributed by atoms with E-state index in [0.29, 0.717) is 11.1 Å². The molecule has 2 heterocycles. The molecule has 11 aromatic carbocycles. The Morgan fingerprint density at radius 1 is 0.388 bits per heavy atom. The average molecular weight is 1020 g/mol. The van der Waals surface area contributed by atoms with Crippen LogP contribution in [0.1, 0.15) is 78.8 Å². The Morgan fingerprint density at radius 2 is 0.787 bits per heavy atom. The summed E-state index contributed by atoms with van der Waals surface area (Å²) >= 11 is 0. The van der Waals surface area contributed by atoms with Gasteiger partial charge in [0.05, 0.1) is 32.9 Å². The quantitative estimate of drug-likeness (QED) is 0.158. The van der Waals surface area contributed by atoms with Gasteiger partial charge in [0, 0.05) is 44.0 Å². The van der Waals surface area contributed by atoms with Crippen LogP contribution in [0, 0.1) is 0 Å². The van der Waals surface area contributed by atoms with Crippen molar-refractivity contribution in [2.45, 2.75) is 23.7 Å². The molecule has 0 fully saturated rings. The second-order valence-corrected chi connectivity index (χ2v) is 22.5. The van der Waals surface area contributed by atoms with Crippen LogP contribution < -0.4 is 0 Å². The Bertz CT molecular complexity index is 4750. The van der Waals surface area contributed by atoms with Gasteiger partial charge in [0.2, 0.25) is 0 Å². The Balaban J connectivity index is 0.879. The molecule has 2 aromatic heterocycles. The van der Waals surface area contributed by atoms with Crippen molar-refractivity contribution in [3.8, 4) is 44.8 Å². The maximum Gasteiger partial charge on any atom is 0.193 e. The fourth-order valence-corrected chi connectivity index (χ4v) is 15.9. The van der Waals surface area contributed by atoms with Gasteiger partial charge >= 0.3 is 0 Å². The molecule has 0 saturated heterocycles. The molecule has 0 unspecified atom stereocenters. The Morgan fingerprint density at radius 3 is 1.30 bits per heavy atom. The zero-order chi connectivity index (χ0) is 52.6. The van der Waals surface area contributed by atoms with E-state index >= 15 is 4.79 Å². The molecule has 0 radical (unpaired) electrons. The third-order valence-electron chi connectivity index (χ3n) is 19.0. The van der Waals surface area contributed by atoms with Crippen molar-refractivity contribution in [2.75, 3.05) is 0 Å². The molecule has 2 spiro atoms. The Labute approximate surface area is 463 Å². The molecular formula is C77H48N2O. The van der Waals surface area contributed by atoms with Crippen molar-refractivity contribution in [3.63, 3.8) is 0 Å². The molecule has 0 aliphatic heterocycles. The molecule has 80 heavy (non-hydrogen) atoms. The summed E-state index contributed by atoms with van der Waals surface area (Å²) in [6.07, 6.45) is 8.48. The fraction of sp³-hybridized carbons (Fsp3) is 0.0519. The fourth-order valence-electron chi connectivity index (χ4n) is 15.9. The smallest absolute Gasteiger partial charge is 0.193 e. The van der Waals surface area contributed by atoms with E-state index < -0.39 is 10.8 Å². The maximum absolute atomic E-state index is 16.0. The first-order valence-corrected chi connectivity index (χ1v) is 28.0. The summed E-state index contributed by atoms with van der Waals surface area (Å²) in [5.41, 5.74) is 27.8. The molecule has 0 saturated carbocycles. The lowest BCUT2D eigenvalue weighted by Gasteiger charge is -2.34. The number of para-hydroxylation sites is 4. The van der Waals surface area contributed by atoms with Crippen molar-refractivity contribution in [1.82, 2.24) is 9.13 Å². The second-order valence-electron chi connectivity index (χ2n) is 22.5. The summed E-state index contributed by atoms with van der Waals surface area (Å²) in [5.74, 6) is 0.0140. The van der Waals surface area contributed by atoms with Gasteiger partial charge in [0.25, 0.3) is 0 Å². The summed E-state index contributed by atoms with van der Waals surface area (Å²) in [5, 5.41) is 4.94. The van der Waals surface area contributed by atoms with Gasteiger partial charge < -0.3 is 9.13 Å². The van der Waals surface area contributed by atoms with Crippen LogP contribution in [0.5, 0.6) is 0 Å². The lowest BCUT2D eigenvalue weighted by molar-refractivity contribution is 0.103. The van der Waals surface area contributed by atoms with E-state index in [-0.39, 0.29) is 5.78 Å². The van der Waals surface area contributed by atoms with Crippen LogP contribution in [0.15, 0.2) is 261 Å². The first kappa shape index (κ1) is 44.0. The van der Waals surface area contributed by atoms with Gasteiger partial charge in [-0.25, -0.2) is 0 Å². The Hall–Kier alpha value is -10.1. The van der Waals surface area contributed by atoms with E-state index in [0.717, 1.165) is 40.9 Å². The van der Waals surface area contributed by atoms with Gasteiger partial charge in [0.1, 0.15) is 0 Å². The third kappa shape index (κ3) is 5.37. The van der Waals surface area contributed by atoms with E-state index in [1.54, 1.807) is 0 Å². The minimum Gasteiger partial charge on any atom is -0.309 e. The highest BCUT2D eigenvalue weighted by molar-refractivity contribution is 6.13. The SMILES string of the molecule is C=Cc1ccc2c(c1)C1(c3ccccc3-c3ccccc31)c1cc(C(=O)c3ccc4c(c3)C3(C5=C4C=CCC5)c4cc(-n5c6ccccc6c6ccccc65)ccc4-c4ccc(-n5c6ccccc6c6ccccc65)cc43)ccc1-2. The first-order chi connectivity index (χ1) is 39.5. The van der Waals surface area contributed by atoms with Crippen LogP contribution in [0.4, 0.5) is 0 Å². The van der Waals surface area contributed by atoms with Gasteiger partial charge in [0.15, 0.2) is 5.78 Å². The number of carbonyl (C=O) groups excluding carboxylic acids is 1. The van der Waals surface area contributed by atoms with Crippen LogP contribution in [-0.2, 0) is 10.8 Å². The van der Waals surface area contributed by atoms with Gasteiger partial charge in [-0.2, -0.15) is 0 Å². The van der Waals surface area contributed by atoms with Crippen LogP contribution >= 0.6 is 0 Å². The van der Waals surface area contributed by atoms with Crippen LogP contribution in [0.2, 0.25) is 0 Å². The number of aromatic nitrogens is 2. The molecule has 0 N–H and O–H groups in total. The molecule has 0 bridgehead atoms. The van der Waals surface area contributed by atoms with Gasteiger partial charge in [-0.05, 0) is 174 Å². The number of fused-ring (bicyclic) bond motifs is 25. The van der Waals surface area contributed by atoms with Crippen LogP contribution in [0.25, 0.3) is 100 Å². The normalized spacial score (nSPS) is 15.1. The predicted molar refractivity (Wildman–Crippen MR) is 328 cm³/mol. The van der Waals surface area contributed by atoms with E-state index in [4.69, 9.17) is 0 Å². The summed E-state index contributed by atoms with van der Waals surface area (Å²) < 4.78 is 4.91. The van der Waals surface area contributed by atoms with Crippen molar-refractivity contribution in [2.24, 2.45) is 0 Å². The molecule has 0 atom stereocenters. The monoisotopic (exact) mass is 1020 g/mol. The van der Waals surface area contributed by atoms with Gasteiger partial charge in [-0.15, -0.1) is 0 Å². The lowest BCUT2D eigenvalue weighted by atomic mass is 9.67. The van der Waals surface area contributed by atoms with Crippen molar-refractivity contribution < 1.29 is 4.79 Å². The molecular weight excluding hydrogens is 969 g/mol. The molecule has 0 amide bonds. The zero-order valence-electron chi connectivity index (χ0n) is 43.7. The number of benzene rings is 11. The maximum atomic E-state index is 16.0. The van der Waals surface area contributed by atoms with Crippen molar-refractivity contribution >= 4 is 61.0 Å². The zero-order valence-corrected chi connectivity index (χ0v) is 43.7. The predicted octanol–water partition coefficient (Wildman–Crippen LogP) is 18.5. The summed E-state index contributed by atoms with van der Waals surface area (Å²) in [6, 6.07) is 87.2. The highest BCUT2D eigenvalue weighted by Gasteiger charge is 2.54. The number of rotatable bonds is 5. The standard InChI is InChI=1S/C77H48N2O/c1-2-46-31-36-54-56-38-33-47(42-67(56)76(66(54)41-46)63-24-10-3-17-51(63)52-18-4-11-25-64(52)76)75(80)48-32-37-55-53-19-5-12-26-65(53)77(68(55)43-48)69-44-49(78-71-27-13-6-20-59(71)60-21-7-14-28-72(60)78)34-39-57(69)58-40-35-50(45-70(58)77)79-73-29-15-8-22-61(73)62-23-9-16-30-74(62)79/h2-11,13-25,27-45H,1,12,26H2. The van der Waals surface area contributed by atoms with E-state index in [9.17, 15) is 0 Å². The van der Waals surface area contributed by atoms with Gasteiger partial charge in [-0.1, -0.05) is 195 Å². The average Bonchev–Trinajstić information content (AvgIpc) is 3.25. The summed E-state index contributed by atoms with van der Waals surface area (Å²) in [6.45, 7) is 4.20. The van der Waals surface area contributed by atoms with E-state index in [1.165, 1.54) is 122 Å². The van der Waals surface area contributed by atoms with Crippen LogP contribution in [0.3, 0.4) is 0 Å². The minimum atomic E-state index is -0.705. The third-order valence-corrected chi connectivity index (χ3v) is 19.0. The molecule has 5 aliphatic carbocycles. The Kier molecular flexibility index (Phi) is 8.67. The summed E-state index contributed by atoms with van der Waals surface area (Å²) in [7, 11) is 0. The number of carbonyl (C=O) groups is 1. The second kappa shape index (κ2) is 15.8. The first-order valence-electron chi connectivity index (χ1n) is 28.0. The molecule has 3 nitrogen and oxygen atoms in total. The van der Waals surface area contributed by atoms with Crippen molar-refractivity contribution in [1.29, 1.82) is 0 Å². The summed E-state index contributed by atoms with van der Waals surface area (Å²) in [4.78, 5) is 16.0. The van der Waals surface area contributed by atoms with E-state index in [2.05, 4.69) is 264 Å². The topological polar surface area (TPSA) is 26.9 Å². The molecule has 13 aromatic rings. The van der Waals surface area contributed by atoms with Crippen LogP contribution in [-0.4, -0.2) is 14.9 Å². The minimum absolute atomic E-state index is 0.0140. The lowest BCUT2D eigenvalue weighted by Crippen LogP contribution is -2.28. The highest BCUT2D eigenvalue weighted by Crippen LogP contribution is 2.66. The number of hydrogen-bond donors (Lipinski definition) is 0. The number of nitrogens with zero attached hydrogens (tertiary/aromatic N) is 2. The van der Waals surface area contributed by atoms with E-state index in [1.807, 2.05) is 6.08 Å². The molecule has 372 valence electrons. The largest absolute Gasteiger partial charge is 0.309 e. The molecule has 5 aliphatic rings. The highest BCUT2D eigenvalue weighted by atomic mass is 16.1.